The molecule has 2 nitrogen and oxygen atoms in total. The van der Waals surface area contributed by atoms with Gasteiger partial charge in [-0.25, -0.2) is 4.39 Å². The first kappa shape index (κ1) is 11.4. The van der Waals surface area contributed by atoms with E-state index in [0.717, 1.165) is 18.0 Å². The van der Waals surface area contributed by atoms with Gasteiger partial charge in [-0.2, -0.15) is 0 Å². The maximum atomic E-state index is 13.0. The number of halogens is 1. The maximum Gasteiger partial charge on any atom is 0.125 e. The highest BCUT2D eigenvalue weighted by atomic mass is 19.1. The van der Waals surface area contributed by atoms with Crippen LogP contribution in [0.4, 0.5) is 10.1 Å². The van der Waals surface area contributed by atoms with Gasteiger partial charge in [0.2, 0.25) is 0 Å². The molecule has 1 atom stereocenters. The van der Waals surface area contributed by atoms with Crippen LogP contribution < -0.4 is 5.32 Å². The molecule has 1 aliphatic rings. The van der Waals surface area contributed by atoms with E-state index in [4.69, 9.17) is 0 Å². The van der Waals surface area contributed by atoms with Crippen LogP contribution in [0.25, 0.3) is 0 Å². The van der Waals surface area contributed by atoms with E-state index < -0.39 is 0 Å². The number of aliphatic hydroxyl groups is 1. The summed E-state index contributed by atoms with van der Waals surface area (Å²) in [5.41, 5.74) is 0.395. The van der Waals surface area contributed by atoms with E-state index in [1.165, 1.54) is 25.0 Å². The fourth-order valence-electron chi connectivity index (χ4n) is 2.03. The standard InChI is InChI=1S/C13H18FNO/c1-13(9-16,8-10-5-6-10)15-12-4-2-3-11(14)7-12/h2-4,7,10,15-16H,5-6,8-9H2,1H3. The summed E-state index contributed by atoms with van der Waals surface area (Å²) in [7, 11) is 0. The Morgan fingerprint density at radius 2 is 2.25 bits per heavy atom. The minimum absolute atomic E-state index is 0.0695. The lowest BCUT2D eigenvalue weighted by atomic mass is 9.95. The van der Waals surface area contributed by atoms with Crippen molar-refractivity contribution in [2.45, 2.75) is 31.7 Å². The Kier molecular flexibility index (Phi) is 3.15. The molecule has 16 heavy (non-hydrogen) atoms. The molecule has 0 aliphatic heterocycles. The summed E-state index contributed by atoms with van der Waals surface area (Å²) in [5, 5.41) is 12.7. The summed E-state index contributed by atoms with van der Waals surface area (Å²) >= 11 is 0. The minimum Gasteiger partial charge on any atom is -0.394 e. The highest BCUT2D eigenvalue weighted by molar-refractivity contribution is 5.45. The molecule has 0 aromatic heterocycles. The first-order chi connectivity index (χ1) is 7.61. The molecule has 0 saturated heterocycles. The zero-order valence-corrected chi connectivity index (χ0v) is 9.54. The SMILES string of the molecule is CC(CO)(CC1CC1)Nc1cccc(F)c1. The van der Waals surface area contributed by atoms with Gasteiger partial charge < -0.3 is 10.4 Å². The van der Waals surface area contributed by atoms with Crippen molar-refractivity contribution in [2.24, 2.45) is 5.92 Å². The van der Waals surface area contributed by atoms with Crippen molar-refractivity contribution in [2.75, 3.05) is 11.9 Å². The summed E-state index contributed by atoms with van der Waals surface area (Å²) in [6.45, 7) is 2.05. The monoisotopic (exact) mass is 223 g/mol. The van der Waals surface area contributed by atoms with Gasteiger partial charge in [0.1, 0.15) is 5.82 Å². The Morgan fingerprint density at radius 1 is 1.50 bits per heavy atom. The predicted octanol–water partition coefficient (Wildman–Crippen LogP) is 2.79. The lowest BCUT2D eigenvalue weighted by molar-refractivity contribution is 0.209. The largest absolute Gasteiger partial charge is 0.394 e. The highest BCUT2D eigenvalue weighted by Crippen LogP contribution is 2.37. The molecular formula is C13H18FNO. The van der Waals surface area contributed by atoms with Gasteiger partial charge in [-0.1, -0.05) is 18.9 Å². The number of rotatable bonds is 5. The third-order valence-corrected chi connectivity index (χ3v) is 3.06. The normalized spacial score (nSPS) is 19.2. The van der Waals surface area contributed by atoms with Crippen LogP contribution in [0, 0.1) is 11.7 Å². The summed E-state index contributed by atoms with van der Waals surface area (Å²) < 4.78 is 13.0. The molecule has 1 unspecified atom stereocenters. The van der Waals surface area contributed by atoms with Gasteiger partial charge in [0.25, 0.3) is 0 Å². The number of benzene rings is 1. The van der Waals surface area contributed by atoms with Crippen molar-refractivity contribution >= 4 is 5.69 Å². The second-order valence-electron chi connectivity index (χ2n) is 5.00. The lowest BCUT2D eigenvalue weighted by Crippen LogP contribution is -2.39. The quantitative estimate of drug-likeness (QED) is 0.804. The Hall–Kier alpha value is -1.09. The molecular weight excluding hydrogens is 205 g/mol. The van der Waals surface area contributed by atoms with Crippen molar-refractivity contribution in [3.05, 3.63) is 30.1 Å². The van der Waals surface area contributed by atoms with E-state index in [0.29, 0.717) is 0 Å². The average molecular weight is 223 g/mol. The molecule has 1 aromatic carbocycles. The van der Waals surface area contributed by atoms with Crippen LogP contribution in [0.5, 0.6) is 0 Å². The van der Waals surface area contributed by atoms with E-state index in [9.17, 15) is 9.50 Å². The van der Waals surface area contributed by atoms with Gasteiger partial charge in [0.05, 0.1) is 12.1 Å². The fraction of sp³-hybridized carbons (Fsp3) is 0.538. The van der Waals surface area contributed by atoms with Crippen molar-refractivity contribution in [1.82, 2.24) is 0 Å². The first-order valence-corrected chi connectivity index (χ1v) is 5.76. The first-order valence-electron chi connectivity index (χ1n) is 5.76. The van der Waals surface area contributed by atoms with Gasteiger partial charge >= 0.3 is 0 Å². The minimum atomic E-state index is -0.338. The van der Waals surface area contributed by atoms with Crippen molar-refractivity contribution < 1.29 is 9.50 Å². The molecule has 1 aromatic rings. The van der Waals surface area contributed by atoms with Crippen LogP contribution in [-0.4, -0.2) is 17.3 Å². The topological polar surface area (TPSA) is 32.3 Å². The van der Waals surface area contributed by atoms with Gasteiger partial charge in [-0.15, -0.1) is 0 Å². The van der Waals surface area contributed by atoms with Gasteiger partial charge in [-0.3, -0.25) is 0 Å². The number of anilines is 1. The predicted molar refractivity (Wildman–Crippen MR) is 62.9 cm³/mol. The molecule has 0 bridgehead atoms. The zero-order chi connectivity index (χ0) is 11.6. The van der Waals surface area contributed by atoms with Crippen LogP contribution in [0.1, 0.15) is 26.2 Å². The molecule has 0 radical (unpaired) electrons. The van der Waals surface area contributed by atoms with E-state index in [2.05, 4.69) is 5.32 Å². The van der Waals surface area contributed by atoms with Crippen LogP contribution in [0.3, 0.4) is 0 Å². The summed E-state index contributed by atoms with van der Waals surface area (Å²) in [6, 6.07) is 6.37. The summed E-state index contributed by atoms with van der Waals surface area (Å²) in [6.07, 6.45) is 3.45. The molecule has 2 N–H and O–H groups in total. The molecule has 2 rings (SSSR count). The second kappa shape index (κ2) is 4.42. The van der Waals surface area contributed by atoms with Crippen LogP contribution in [0.15, 0.2) is 24.3 Å². The molecule has 0 amide bonds. The van der Waals surface area contributed by atoms with Crippen molar-refractivity contribution in [1.29, 1.82) is 0 Å². The molecule has 3 heteroatoms. The fourth-order valence-corrected chi connectivity index (χ4v) is 2.03. The van der Waals surface area contributed by atoms with E-state index in [1.807, 2.05) is 13.0 Å². The third kappa shape index (κ3) is 2.95. The maximum absolute atomic E-state index is 13.0. The van der Waals surface area contributed by atoms with Crippen LogP contribution >= 0.6 is 0 Å². The Balaban J connectivity index is 2.04. The van der Waals surface area contributed by atoms with E-state index in [-0.39, 0.29) is 18.0 Å². The van der Waals surface area contributed by atoms with Crippen molar-refractivity contribution in [3.63, 3.8) is 0 Å². The second-order valence-corrected chi connectivity index (χ2v) is 5.00. The van der Waals surface area contributed by atoms with Crippen LogP contribution in [0.2, 0.25) is 0 Å². The molecule has 0 heterocycles. The number of hydrogen-bond donors (Lipinski definition) is 2. The number of aliphatic hydroxyl groups excluding tert-OH is 1. The Labute approximate surface area is 95.5 Å². The molecule has 88 valence electrons. The molecule has 1 fully saturated rings. The molecule has 1 saturated carbocycles. The molecule has 1 aliphatic carbocycles. The Bertz CT molecular complexity index is 365. The summed E-state index contributed by atoms with van der Waals surface area (Å²) in [4.78, 5) is 0. The van der Waals surface area contributed by atoms with Gasteiger partial charge in [0, 0.05) is 5.69 Å². The molecule has 0 spiro atoms. The number of nitrogens with one attached hydrogen (secondary N) is 1. The Morgan fingerprint density at radius 3 is 2.81 bits per heavy atom. The zero-order valence-electron chi connectivity index (χ0n) is 9.54. The third-order valence-electron chi connectivity index (χ3n) is 3.06. The highest BCUT2D eigenvalue weighted by Gasteiger charge is 2.32. The van der Waals surface area contributed by atoms with Crippen molar-refractivity contribution in [3.8, 4) is 0 Å². The van der Waals surface area contributed by atoms with Gasteiger partial charge in [0.15, 0.2) is 0 Å². The average Bonchev–Trinajstić information content (AvgIpc) is 3.01. The van der Waals surface area contributed by atoms with Gasteiger partial charge in [-0.05, 0) is 37.5 Å². The van der Waals surface area contributed by atoms with Crippen LogP contribution in [-0.2, 0) is 0 Å². The lowest BCUT2D eigenvalue weighted by Gasteiger charge is -2.30. The van der Waals surface area contributed by atoms with E-state index in [1.54, 1.807) is 6.07 Å². The van der Waals surface area contributed by atoms with E-state index >= 15 is 0 Å². The number of hydrogen-bond acceptors (Lipinski definition) is 2. The summed E-state index contributed by atoms with van der Waals surface area (Å²) in [5.74, 6) is 0.468. The smallest absolute Gasteiger partial charge is 0.125 e.